The van der Waals surface area contributed by atoms with Crippen molar-refractivity contribution < 1.29 is 13.2 Å². The van der Waals surface area contributed by atoms with Gasteiger partial charge in [0.25, 0.3) is 0 Å². The third-order valence-corrected chi connectivity index (χ3v) is 5.46. The highest BCUT2D eigenvalue weighted by Crippen LogP contribution is 2.30. The number of alkyl halides is 3. The van der Waals surface area contributed by atoms with E-state index >= 15 is 0 Å². The molecular weight excluding hydrogens is 311 g/mol. The third kappa shape index (κ3) is 3.87. The first-order valence-electron chi connectivity index (χ1n) is 7.64. The molecule has 0 saturated carbocycles. The molecule has 2 aliphatic rings. The van der Waals surface area contributed by atoms with Crippen LogP contribution in [0.25, 0.3) is 0 Å². The lowest BCUT2D eigenvalue weighted by Crippen LogP contribution is -2.46. The van der Waals surface area contributed by atoms with E-state index in [2.05, 4.69) is 15.2 Å². The van der Waals surface area contributed by atoms with Crippen LogP contribution in [0.5, 0.6) is 0 Å². The van der Waals surface area contributed by atoms with Crippen LogP contribution < -0.4 is 10.2 Å². The summed E-state index contributed by atoms with van der Waals surface area (Å²) in [5.41, 5.74) is -0.688. The van der Waals surface area contributed by atoms with Crippen LogP contribution in [0.2, 0.25) is 0 Å². The minimum absolute atomic E-state index is 0.523. The number of nitrogens with one attached hydrogen (secondary N) is 1. The molecule has 1 N–H and O–H groups in total. The molecule has 0 radical (unpaired) electrons. The molecule has 0 bridgehead atoms. The molecule has 0 amide bonds. The zero-order valence-corrected chi connectivity index (χ0v) is 13.1. The van der Waals surface area contributed by atoms with E-state index in [0.717, 1.165) is 38.2 Å². The standard InChI is InChI=1S/C15H20F3N3S/c16-15(17,18)11-1-2-14(19-9-11)21-6-3-12(4-7-21)20-13-5-8-22-10-13/h1-2,9,12-13,20H,3-8,10H2/t13-/m1/s1. The molecule has 1 atom stereocenters. The predicted molar refractivity (Wildman–Crippen MR) is 83.3 cm³/mol. The van der Waals surface area contributed by atoms with Gasteiger partial charge in [-0.1, -0.05) is 0 Å². The molecule has 1 aromatic heterocycles. The average Bonchev–Trinajstić information content (AvgIpc) is 3.00. The quantitative estimate of drug-likeness (QED) is 0.921. The van der Waals surface area contributed by atoms with Gasteiger partial charge in [0, 0.05) is 37.1 Å². The van der Waals surface area contributed by atoms with Crippen molar-refractivity contribution in [2.45, 2.75) is 37.5 Å². The van der Waals surface area contributed by atoms with Crippen molar-refractivity contribution in [2.24, 2.45) is 0 Å². The first kappa shape index (κ1) is 15.9. The van der Waals surface area contributed by atoms with Crippen LogP contribution in [0, 0.1) is 0 Å². The molecule has 3 rings (SSSR count). The van der Waals surface area contributed by atoms with Crippen molar-refractivity contribution in [3.63, 3.8) is 0 Å². The van der Waals surface area contributed by atoms with Gasteiger partial charge in [0.2, 0.25) is 0 Å². The number of halogens is 3. The average molecular weight is 331 g/mol. The molecule has 2 saturated heterocycles. The van der Waals surface area contributed by atoms with Gasteiger partial charge >= 0.3 is 6.18 Å². The number of pyridine rings is 1. The van der Waals surface area contributed by atoms with Gasteiger partial charge in [0.1, 0.15) is 5.82 Å². The van der Waals surface area contributed by atoms with Crippen LogP contribution in [-0.4, -0.2) is 41.7 Å². The largest absolute Gasteiger partial charge is 0.417 e. The lowest BCUT2D eigenvalue weighted by Gasteiger charge is -2.34. The zero-order chi connectivity index (χ0) is 15.6. The number of piperidine rings is 1. The SMILES string of the molecule is FC(F)(F)c1ccc(N2CCC(N[C@@H]3CCSC3)CC2)nc1. The fraction of sp³-hybridized carbons (Fsp3) is 0.667. The van der Waals surface area contributed by atoms with Crippen molar-refractivity contribution in [1.29, 1.82) is 0 Å². The van der Waals surface area contributed by atoms with E-state index in [-0.39, 0.29) is 0 Å². The first-order chi connectivity index (χ1) is 10.5. The van der Waals surface area contributed by atoms with Crippen LogP contribution in [0.1, 0.15) is 24.8 Å². The Morgan fingerprint density at radius 3 is 2.45 bits per heavy atom. The highest BCUT2D eigenvalue weighted by atomic mass is 32.2. The number of rotatable bonds is 3. The Kier molecular flexibility index (Phi) is 4.82. The molecule has 2 aliphatic heterocycles. The third-order valence-electron chi connectivity index (χ3n) is 4.30. The second-order valence-corrected chi connectivity index (χ2v) is 7.04. The normalized spacial score (nSPS) is 24.0. The molecule has 22 heavy (non-hydrogen) atoms. The lowest BCUT2D eigenvalue weighted by molar-refractivity contribution is -0.137. The topological polar surface area (TPSA) is 28.2 Å². The molecule has 0 unspecified atom stereocenters. The van der Waals surface area contributed by atoms with Crippen LogP contribution in [0.4, 0.5) is 19.0 Å². The monoisotopic (exact) mass is 331 g/mol. The lowest BCUT2D eigenvalue weighted by atomic mass is 10.0. The Morgan fingerprint density at radius 2 is 1.91 bits per heavy atom. The number of aromatic nitrogens is 1. The molecule has 3 nitrogen and oxygen atoms in total. The Morgan fingerprint density at radius 1 is 1.14 bits per heavy atom. The van der Waals surface area contributed by atoms with Crippen LogP contribution in [0.3, 0.4) is 0 Å². The number of hydrogen-bond donors (Lipinski definition) is 1. The zero-order valence-electron chi connectivity index (χ0n) is 12.3. The summed E-state index contributed by atoms with van der Waals surface area (Å²) in [5.74, 6) is 3.08. The number of thioether (sulfide) groups is 1. The van der Waals surface area contributed by atoms with Gasteiger partial charge in [0.15, 0.2) is 0 Å². The molecule has 2 fully saturated rings. The summed E-state index contributed by atoms with van der Waals surface area (Å²) in [6, 6.07) is 3.74. The van der Waals surface area contributed by atoms with E-state index in [0.29, 0.717) is 17.9 Å². The fourth-order valence-corrected chi connectivity index (χ4v) is 4.18. The fourth-order valence-electron chi connectivity index (χ4n) is 3.02. The van der Waals surface area contributed by atoms with Gasteiger partial charge in [-0.15, -0.1) is 0 Å². The Balaban J connectivity index is 1.52. The van der Waals surface area contributed by atoms with E-state index in [1.165, 1.54) is 24.0 Å². The van der Waals surface area contributed by atoms with E-state index in [4.69, 9.17) is 0 Å². The summed E-state index contributed by atoms with van der Waals surface area (Å²) in [5, 5.41) is 3.70. The predicted octanol–water partition coefficient (Wildman–Crippen LogP) is 3.16. The van der Waals surface area contributed by atoms with Crippen LogP contribution in [-0.2, 0) is 6.18 Å². The maximum atomic E-state index is 12.5. The number of anilines is 1. The van der Waals surface area contributed by atoms with Crippen molar-refractivity contribution in [3.8, 4) is 0 Å². The van der Waals surface area contributed by atoms with Gasteiger partial charge < -0.3 is 10.2 Å². The van der Waals surface area contributed by atoms with Gasteiger partial charge in [0.05, 0.1) is 5.56 Å². The maximum absolute atomic E-state index is 12.5. The highest BCUT2D eigenvalue weighted by Gasteiger charge is 2.31. The van der Waals surface area contributed by atoms with Crippen molar-refractivity contribution in [3.05, 3.63) is 23.9 Å². The smallest absolute Gasteiger partial charge is 0.357 e. The summed E-state index contributed by atoms with van der Waals surface area (Å²) in [7, 11) is 0. The molecule has 3 heterocycles. The molecule has 122 valence electrons. The summed E-state index contributed by atoms with van der Waals surface area (Å²) < 4.78 is 37.6. The first-order valence-corrected chi connectivity index (χ1v) is 8.80. The van der Waals surface area contributed by atoms with Crippen LogP contribution in [0.15, 0.2) is 18.3 Å². The van der Waals surface area contributed by atoms with Gasteiger partial charge in [-0.05, 0) is 37.1 Å². The van der Waals surface area contributed by atoms with Crippen molar-refractivity contribution >= 4 is 17.6 Å². The number of nitrogens with zero attached hydrogens (tertiary/aromatic N) is 2. The van der Waals surface area contributed by atoms with E-state index < -0.39 is 11.7 Å². The summed E-state index contributed by atoms with van der Waals surface area (Å²) in [4.78, 5) is 6.05. The Hall–Kier alpha value is -0.950. The van der Waals surface area contributed by atoms with Gasteiger partial charge in [-0.2, -0.15) is 24.9 Å². The summed E-state index contributed by atoms with van der Waals surface area (Å²) in [6.45, 7) is 1.69. The van der Waals surface area contributed by atoms with E-state index in [1.807, 2.05) is 11.8 Å². The van der Waals surface area contributed by atoms with Gasteiger partial charge in [-0.3, -0.25) is 0 Å². The van der Waals surface area contributed by atoms with E-state index in [9.17, 15) is 13.2 Å². The van der Waals surface area contributed by atoms with Gasteiger partial charge in [-0.25, -0.2) is 4.98 Å². The summed E-state index contributed by atoms with van der Waals surface area (Å²) in [6.07, 6.45) is -0.115. The van der Waals surface area contributed by atoms with Crippen molar-refractivity contribution in [2.75, 3.05) is 29.5 Å². The molecule has 0 aromatic carbocycles. The van der Waals surface area contributed by atoms with Crippen LogP contribution >= 0.6 is 11.8 Å². The van der Waals surface area contributed by atoms with E-state index in [1.54, 1.807) is 0 Å². The Labute approximate surface area is 132 Å². The molecular formula is C15H20F3N3S. The molecule has 0 spiro atoms. The second kappa shape index (κ2) is 6.66. The summed E-state index contributed by atoms with van der Waals surface area (Å²) >= 11 is 2.00. The molecule has 7 heteroatoms. The molecule has 0 aliphatic carbocycles. The second-order valence-electron chi connectivity index (χ2n) is 5.89. The van der Waals surface area contributed by atoms with Crippen molar-refractivity contribution in [1.82, 2.24) is 10.3 Å². The highest BCUT2D eigenvalue weighted by molar-refractivity contribution is 7.99. The minimum Gasteiger partial charge on any atom is -0.357 e. The molecule has 1 aromatic rings. The minimum atomic E-state index is -4.32. The maximum Gasteiger partial charge on any atom is 0.417 e. The Bertz CT molecular complexity index is 478. The number of hydrogen-bond acceptors (Lipinski definition) is 4.